The van der Waals surface area contributed by atoms with E-state index in [1.165, 1.54) is 5.56 Å². The number of hydrogen-bond donors (Lipinski definition) is 1. The summed E-state index contributed by atoms with van der Waals surface area (Å²) in [5.74, 6) is 0. The highest BCUT2D eigenvalue weighted by atomic mass is 32.1. The molecule has 3 aromatic heterocycles. The van der Waals surface area contributed by atoms with Crippen LogP contribution in [0.1, 0.15) is 41.1 Å². The minimum absolute atomic E-state index is 0.0167. The van der Waals surface area contributed by atoms with Gasteiger partial charge in [-0.2, -0.15) is 0 Å². The first kappa shape index (κ1) is 22.0. The van der Waals surface area contributed by atoms with Gasteiger partial charge in [-0.3, -0.25) is 14.6 Å². The van der Waals surface area contributed by atoms with Crippen molar-refractivity contribution in [3.63, 3.8) is 0 Å². The Morgan fingerprint density at radius 1 is 1.12 bits per heavy atom. The quantitative estimate of drug-likeness (QED) is 0.531. The van der Waals surface area contributed by atoms with Crippen LogP contribution in [0.4, 0.5) is 0 Å². The van der Waals surface area contributed by atoms with E-state index in [0.717, 1.165) is 68.0 Å². The molecular weight excluding hydrogens is 436 g/mol. The number of thiocarbonyl (C=S) groups is 1. The monoisotopic (exact) mass is 466 g/mol. The van der Waals surface area contributed by atoms with Crippen molar-refractivity contribution in [3.8, 4) is 0 Å². The molecule has 2 fully saturated rings. The summed E-state index contributed by atoms with van der Waals surface area (Å²) in [7, 11) is 0. The lowest BCUT2D eigenvalue weighted by Crippen LogP contribution is -2.39. The molecule has 2 aliphatic heterocycles. The number of nitrogens with one attached hydrogen (secondary N) is 1. The van der Waals surface area contributed by atoms with Crippen LogP contribution in [0.15, 0.2) is 43.1 Å². The lowest BCUT2D eigenvalue weighted by molar-refractivity contribution is 0.0365. The van der Waals surface area contributed by atoms with E-state index in [-0.39, 0.29) is 12.1 Å². The van der Waals surface area contributed by atoms with Gasteiger partial charge >= 0.3 is 0 Å². The molecule has 0 amide bonds. The maximum absolute atomic E-state index is 5.85. The van der Waals surface area contributed by atoms with Crippen molar-refractivity contribution in [2.24, 2.45) is 0 Å². The number of hydrogen-bond acceptors (Lipinski definition) is 6. The summed E-state index contributed by atoms with van der Waals surface area (Å²) >= 11 is 5.85. The van der Waals surface area contributed by atoms with E-state index in [0.29, 0.717) is 0 Å². The topological polar surface area (TPSA) is 76.3 Å². The Kier molecular flexibility index (Phi) is 6.39. The molecule has 2 atom stereocenters. The van der Waals surface area contributed by atoms with Crippen LogP contribution in [-0.2, 0) is 4.74 Å². The number of aromatic nitrogens is 5. The van der Waals surface area contributed by atoms with Crippen LogP contribution in [0.5, 0.6) is 0 Å². The fourth-order valence-corrected chi connectivity index (χ4v) is 5.34. The number of pyridine rings is 1. The van der Waals surface area contributed by atoms with E-state index in [2.05, 4.69) is 61.0 Å². The van der Waals surface area contributed by atoms with E-state index in [9.17, 15) is 0 Å². The molecule has 5 heterocycles. The van der Waals surface area contributed by atoms with Crippen molar-refractivity contribution in [1.82, 2.24) is 39.7 Å². The molecule has 174 valence electrons. The zero-order valence-corrected chi connectivity index (χ0v) is 19.9. The Labute approximate surface area is 199 Å². The van der Waals surface area contributed by atoms with E-state index in [1.54, 1.807) is 12.7 Å². The molecule has 0 aliphatic carbocycles. The van der Waals surface area contributed by atoms with Gasteiger partial charge in [0.05, 0.1) is 31.0 Å². The standard InChI is InChI=1S/C23H30N8OS/c1-17-14-19(18(2)31(17)29-15-25-26-16-29)22-21(20-6-3-4-7-24-20)27-23(33)30(22)9-5-8-28-10-12-32-13-11-28/h3-4,6-7,14-16,21-22H,5,8-13H2,1-2H3,(H,27,33)/t21-,22+/m0/s1. The molecule has 1 N–H and O–H groups in total. The average molecular weight is 467 g/mol. The summed E-state index contributed by atoms with van der Waals surface area (Å²) in [6.45, 7) is 9.83. The summed E-state index contributed by atoms with van der Waals surface area (Å²) in [4.78, 5) is 9.48. The Bertz CT molecular complexity index is 1080. The predicted octanol–water partition coefficient (Wildman–Crippen LogP) is 2.10. The van der Waals surface area contributed by atoms with Crippen LogP contribution < -0.4 is 5.32 Å². The zero-order chi connectivity index (χ0) is 22.8. The molecular formula is C23H30N8OS. The Morgan fingerprint density at radius 2 is 1.91 bits per heavy atom. The van der Waals surface area contributed by atoms with Crippen LogP contribution in [-0.4, -0.2) is 78.8 Å². The molecule has 3 aromatic rings. The minimum Gasteiger partial charge on any atom is -0.379 e. The summed E-state index contributed by atoms with van der Waals surface area (Å²) in [6, 6.07) is 8.34. The molecule has 0 spiro atoms. The number of nitrogens with zero attached hydrogens (tertiary/aromatic N) is 7. The van der Waals surface area contributed by atoms with E-state index in [1.807, 2.05) is 23.0 Å². The second kappa shape index (κ2) is 9.58. The summed E-state index contributed by atoms with van der Waals surface area (Å²) < 4.78 is 9.54. The molecule has 0 radical (unpaired) electrons. The lowest BCUT2D eigenvalue weighted by Gasteiger charge is -2.30. The number of morpholine rings is 1. The Morgan fingerprint density at radius 3 is 2.64 bits per heavy atom. The number of aryl methyl sites for hydroxylation is 1. The fourth-order valence-electron chi connectivity index (χ4n) is 5.01. The van der Waals surface area contributed by atoms with Crippen molar-refractivity contribution in [1.29, 1.82) is 0 Å². The normalized spacial score (nSPS) is 21.5. The second-order valence-corrected chi connectivity index (χ2v) is 8.99. The number of ether oxygens (including phenoxy) is 1. The zero-order valence-electron chi connectivity index (χ0n) is 19.1. The van der Waals surface area contributed by atoms with Crippen molar-refractivity contribution < 1.29 is 4.74 Å². The Hall–Kier alpha value is -2.82. The van der Waals surface area contributed by atoms with Gasteiger partial charge < -0.3 is 15.0 Å². The summed E-state index contributed by atoms with van der Waals surface area (Å²) in [6.07, 6.45) is 6.32. The van der Waals surface area contributed by atoms with Gasteiger partial charge in [0, 0.05) is 49.3 Å². The Balaban J connectivity index is 1.45. The highest BCUT2D eigenvalue weighted by Gasteiger charge is 2.41. The van der Waals surface area contributed by atoms with Crippen molar-refractivity contribution in [3.05, 3.63) is 65.8 Å². The third kappa shape index (κ3) is 4.38. The summed E-state index contributed by atoms with van der Waals surface area (Å²) in [5.41, 5.74) is 4.49. The van der Waals surface area contributed by atoms with Crippen LogP contribution in [0, 0.1) is 13.8 Å². The first-order chi connectivity index (χ1) is 16.1. The van der Waals surface area contributed by atoms with E-state index in [4.69, 9.17) is 17.0 Å². The first-order valence-corrected chi connectivity index (χ1v) is 11.9. The van der Waals surface area contributed by atoms with Crippen LogP contribution >= 0.6 is 12.2 Å². The summed E-state index contributed by atoms with van der Waals surface area (Å²) in [5, 5.41) is 12.3. The van der Waals surface area contributed by atoms with E-state index >= 15 is 0 Å². The van der Waals surface area contributed by atoms with Gasteiger partial charge in [0.2, 0.25) is 0 Å². The molecule has 0 saturated carbocycles. The van der Waals surface area contributed by atoms with Gasteiger partial charge in [0.15, 0.2) is 5.11 Å². The predicted molar refractivity (Wildman–Crippen MR) is 129 cm³/mol. The van der Waals surface area contributed by atoms with Gasteiger partial charge in [-0.15, -0.1) is 10.2 Å². The van der Waals surface area contributed by atoms with Gasteiger partial charge in [-0.05, 0) is 50.7 Å². The van der Waals surface area contributed by atoms with Crippen LogP contribution in [0.25, 0.3) is 0 Å². The highest BCUT2D eigenvalue weighted by Crippen LogP contribution is 2.40. The van der Waals surface area contributed by atoms with Crippen LogP contribution in [0.3, 0.4) is 0 Å². The van der Waals surface area contributed by atoms with Gasteiger partial charge in [0.1, 0.15) is 12.7 Å². The maximum Gasteiger partial charge on any atom is 0.170 e. The maximum atomic E-state index is 5.85. The molecule has 0 bridgehead atoms. The molecule has 5 rings (SSSR count). The smallest absolute Gasteiger partial charge is 0.170 e. The van der Waals surface area contributed by atoms with Gasteiger partial charge in [0.25, 0.3) is 0 Å². The molecule has 2 saturated heterocycles. The second-order valence-electron chi connectivity index (χ2n) is 8.61. The van der Waals surface area contributed by atoms with Crippen molar-refractivity contribution in [2.75, 3.05) is 39.4 Å². The highest BCUT2D eigenvalue weighted by molar-refractivity contribution is 7.80. The largest absolute Gasteiger partial charge is 0.379 e. The molecule has 2 aliphatic rings. The van der Waals surface area contributed by atoms with Gasteiger partial charge in [-0.1, -0.05) is 6.07 Å². The molecule has 0 unspecified atom stereocenters. The average Bonchev–Trinajstić information content (AvgIpc) is 3.54. The fraction of sp³-hybridized carbons (Fsp3) is 0.478. The lowest BCUT2D eigenvalue weighted by atomic mass is 9.96. The third-order valence-electron chi connectivity index (χ3n) is 6.56. The molecule has 0 aromatic carbocycles. The SMILES string of the molecule is Cc1cc([C@@H]2[C@H](c3ccccn3)NC(=S)N2CCCN2CCOCC2)c(C)n1-n1cnnc1. The molecule has 33 heavy (non-hydrogen) atoms. The van der Waals surface area contributed by atoms with Crippen molar-refractivity contribution >= 4 is 17.3 Å². The van der Waals surface area contributed by atoms with Crippen LogP contribution in [0.2, 0.25) is 0 Å². The van der Waals surface area contributed by atoms with Crippen molar-refractivity contribution in [2.45, 2.75) is 32.4 Å². The van der Waals surface area contributed by atoms with Gasteiger partial charge in [-0.25, -0.2) is 4.68 Å². The minimum atomic E-state index is -0.0167. The number of rotatable bonds is 7. The van der Waals surface area contributed by atoms with E-state index < -0.39 is 0 Å². The third-order valence-corrected chi connectivity index (χ3v) is 6.92. The molecule has 9 nitrogen and oxygen atoms in total. The first-order valence-electron chi connectivity index (χ1n) is 11.5. The molecule has 10 heteroatoms.